The number of hydrogen-bond donors (Lipinski definition) is 2. The maximum atomic E-state index is 12.4. The lowest BCUT2D eigenvalue weighted by Crippen LogP contribution is -2.14. The first-order valence-electron chi connectivity index (χ1n) is 7.85. The number of nitrogens with one attached hydrogen (secondary N) is 2. The Kier molecular flexibility index (Phi) is 5.06. The Balaban J connectivity index is 1.73. The van der Waals surface area contributed by atoms with Gasteiger partial charge in [0.1, 0.15) is 0 Å². The fourth-order valence-electron chi connectivity index (χ4n) is 2.33. The Morgan fingerprint density at radius 2 is 1.50 bits per heavy atom. The molecule has 3 aromatic rings. The number of benzene rings is 2. The summed E-state index contributed by atoms with van der Waals surface area (Å²) >= 11 is 0. The van der Waals surface area contributed by atoms with Crippen molar-refractivity contribution in [2.75, 3.05) is 10.6 Å². The minimum absolute atomic E-state index is 0.294. The van der Waals surface area contributed by atoms with Crippen LogP contribution in [-0.2, 0) is 0 Å². The number of nitrogens with zero attached hydrogens (tertiary/aromatic N) is 1. The van der Waals surface area contributed by atoms with E-state index in [0.717, 1.165) is 0 Å². The molecule has 0 fully saturated rings. The summed E-state index contributed by atoms with van der Waals surface area (Å²) < 4.78 is 0. The Morgan fingerprint density at radius 1 is 0.846 bits per heavy atom. The highest BCUT2D eigenvalue weighted by atomic mass is 16.2. The molecule has 5 nitrogen and oxygen atoms in total. The number of pyridine rings is 1. The molecule has 26 heavy (non-hydrogen) atoms. The van der Waals surface area contributed by atoms with E-state index in [9.17, 15) is 9.59 Å². The topological polar surface area (TPSA) is 71.1 Å². The first-order valence-corrected chi connectivity index (χ1v) is 7.85. The zero-order valence-corrected chi connectivity index (χ0v) is 13.8. The van der Waals surface area contributed by atoms with Gasteiger partial charge < -0.3 is 10.6 Å². The third-order valence-corrected chi connectivity index (χ3v) is 3.59. The molecule has 0 bridgehead atoms. The highest BCUT2D eigenvalue weighted by molar-refractivity contribution is 6.07. The largest absolute Gasteiger partial charge is 0.322 e. The van der Waals surface area contributed by atoms with Gasteiger partial charge in [0.2, 0.25) is 0 Å². The maximum absolute atomic E-state index is 12.4. The molecule has 1 aromatic heterocycles. The summed E-state index contributed by atoms with van der Waals surface area (Å²) in [6.07, 6.45) is 8.44. The first-order chi connectivity index (χ1) is 12.7. The van der Waals surface area contributed by atoms with Crippen LogP contribution in [0.1, 0.15) is 26.3 Å². The number of carbonyl (C=O) groups is 2. The number of amides is 2. The molecule has 0 aliphatic carbocycles. The fourth-order valence-corrected chi connectivity index (χ4v) is 2.33. The van der Waals surface area contributed by atoms with Crippen LogP contribution in [0.2, 0.25) is 0 Å². The molecular weight excluding hydrogens is 326 g/mol. The van der Waals surface area contributed by atoms with Gasteiger partial charge in [0.25, 0.3) is 11.8 Å². The highest BCUT2D eigenvalue weighted by Gasteiger charge is 2.10. The standard InChI is InChI=1S/C21H15N3O2/c1-2-15-6-3-9-18(12-15)23-20(25)16-7-4-10-19(13-16)24-21(26)17-8-5-11-22-14-17/h1,3-14H,(H,23,25)(H,24,26). The van der Waals surface area contributed by atoms with E-state index in [4.69, 9.17) is 6.42 Å². The molecule has 0 aliphatic heterocycles. The second-order valence-electron chi connectivity index (χ2n) is 5.46. The minimum atomic E-state index is -0.295. The number of hydrogen-bond acceptors (Lipinski definition) is 3. The first kappa shape index (κ1) is 16.9. The summed E-state index contributed by atoms with van der Waals surface area (Å²) in [7, 11) is 0. The fraction of sp³-hybridized carbons (Fsp3) is 0. The van der Waals surface area contributed by atoms with E-state index < -0.39 is 0 Å². The summed E-state index contributed by atoms with van der Waals surface area (Å²) in [6, 6.07) is 17.1. The van der Waals surface area contributed by atoms with Crippen LogP contribution in [0.25, 0.3) is 0 Å². The van der Waals surface area contributed by atoms with Crippen molar-refractivity contribution >= 4 is 23.2 Å². The van der Waals surface area contributed by atoms with E-state index in [2.05, 4.69) is 21.5 Å². The molecule has 0 spiro atoms. The van der Waals surface area contributed by atoms with Gasteiger partial charge in [-0.1, -0.05) is 18.1 Å². The van der Waals surface area contributed by atoms with Gasteiger partial charge in [-0.2, -0.15) is 0 Å². The van der Waals surface area contributed by atoms with E-state index in [1.54, 1.807) is 66.9 Å². The summed E-state index contributed by atoms with van der Waals surface area (Å²) in [5.41, 5.74) is 2.66. The molecule has 5 heteroatoms. The van der Waals surface area contributed by atoms with E-state index in [-0.39, 0.29) is 11.8 Å². The van der Waals surface area contributed by atoms with Crippen molar-refractivity contribution in [2.24, 2.45) is 0 Å². The molecule has 0 aliphatic rings. The predicted octanol–water partition coefficient (Wildman–Crippen LogP) is 3.57. The summed E-state index contributed by atoms with van der Waals surface area (Å²) in [4.78, 5) is 28.5. The monoisotopic (exact) mass is 341 g/mol. The van der Waals surface area contributed by atoms with Crippen LogP contribution in [-0.4, -0.2) is 16.8 Å². The van der Waals surface area contributed by atoms with Crippen LogP contribution in [0.4, 0.5) is 11.4 Å². The van der Waals surface area contributed by atoms with Crippen molar-refractivity contribution < 1.29 is 9.59 Å². The van der Waals surface area contributed by atoms with Gasteiger partial charge in [0, 0.05) is 34.9 Å². The average Bonchev–Trinajstić information content (AvgIpc) is 2.69. The van der Waals surface area contributed by atoms with Crippen LogP contribution in [0.15, 0.2) is 73.1 Å². The van der Waals surface area contributed by atoms with Crippen LogP contribution in [0.3, 0.4) is 0 Å². The Morgan fingerprint density at radius 3 is 2.19 bits per heavy atom. The van der Waals surface area contributed by atoms with Crippen molar-refractivity contribution in [1.82, 2.24) is 4.98 Å². The lowest BCUT2D eigenvalue weighted by atomic mass is 10.1. The normalized spacial score (nSPS) is 9.81. The molecule has 2 aromatic carbocycles. The van der Waals surface area contributed by atoms with E-state index in [1.165, 1.54) is 6.20 Å². The van der Waals surface area contributed by atoms with Gasteiger partial charge in [-0.05, 0) is 48.5 Å². The summed E-state index contributed by atoms with van der Waals surface area (Å²) in [5.74, 6) is 1.93. The van der Waals surface area contributed by atoms with Gasteiger partial charge in [-0.15, -0.1) is 6.42 Å². The molecule has 2 amide bonds. The maximum Gasteiger partial charge on any atom is 0.257 e. The van der Waals surface area contributed by atoms with Gasteiger partial charge in [-0.25, -0.2) is 0 Å². The van der Waals surface area contributed by atoms with Crippen molar-refractivity contribution in [3.05, 3.63) is 89.7 Å². The summed E-state index contributed by atoms with van der Waals surface area (Å²) in [5, 5.41) is 5.54. The van der Waals surface area contributed by atoms with E-state index >= 15 is 0 Å². The predicted molar refractivity (Wildman–Crippen MR) is 101 cm³/mol. The van der Waals surface area contributed by atoms with Gasteiger partial charge in [0.15, 0.2) is 0 Å². The van der Waals surface area contributed by atoms with E-state index in [1.807, 2.05) is 0 Å². The molecule has 1 heterocycles. The van der Waals surface area contributed by atoms with Crippen LogP contribution < -0.4 is 10.6 Å². The molecule has 0 radical (unpaired) electrons. The molecule has 126 valence electrons. The third-order valence-electron chi connectivity index (χ3n) is 3.59. The lowest BCUT2D eigenvalue weighted by molar-refractivity contribution is 0.101. The van der Waals surface area contributed by atoms with Crippen LogP contribution >= 0.6 is 0 Å². The average molecular weight is 341 g/mol. The second kappa shape index (κ2) is 7.77. The number of aromatic nitrogens is 1. The molecular formula is C21H15N3O2. The van der Waals surface area contributed by atoms with Gasteiger partial charge in [0.05, 0.1) is 5.56 Å². The quantitative estimate of drug-likeness (QED) is 0.713. The zero-order chi connectivity index (χ0) is 18.4. The number of anilines is 2. The molecule has 2 N–H and O–H groups in total. The van der Waals surface area contributed by atoms with Crippen LogP contribution in [0.5, 0.6) is 0 Å². The van der Waals surface area contributed by atoms with Crippen molar-refractivity contribution in [1.29, 1.82) is 0 Å². The summed E-state index contributed by atoms with van der Waals surface area (Å²) in [6.45, 7) is 0. The Bertz CT molecular complexity index is 991. The smallest absolute Gasteiger partial charge is 0.257 e. The SMILES string of the molecule is C#Cc1cccc(NC(=O)c2cccc(NC(=O)c3cccnc3)c2)c1. The molecule has 0 unspecified atom stereocenters. The van der Waals surface area contributed by atoms with Crippen molar-refractivity contribution in [2.45, 2.75) is 0 Å². The Hall–Kier alpha value is -3.91. The number of terminal acetylenes is 1. The van der Waals surface area contributed by atoms with Crippen molar-refractivity contribution in [3.8, 4) is 12.3 Å². The molecule has 3 rings (SSSR count). The lowest BCUT2D eigenvalue weighted by Gasteiger charge is -2.09. The number of carbonyl (C=O) groups excluding carboxylic acids is 2. The molecule has 0 saturated carbocycles. The number of rotatable bonds is 4. The van der Waals surface area contributed by atoms with Crippen LogP contribution in [0, 0.1) is 12.3 Å². The zero-order valence-electron chi connectivity index (χ0n) is 13.8. The van der Waals surface area contributed by atoms with Gasteiger partial charge >= 0.3 is 0 Å². The highest BCUT2D eigenvalue weighted by Crippen LogP contribution is 2.15. The van der Waals surface area contributed by atoms with Crippen molar-refractivity contribution in [3.63, 3.8) is 0 Å². The molecule has 0 saturated heterocycles. The second-order valence-corrected chi connectivity index (χ2v) is 5.46. The van der Waals surface area contributed by atoms with E-state index in [0.29, 0.717) is 28.1 Å². The Labute approximate surface area is 151 Å². The van der Waals surface area contributed by atoms with Gasteiger partial charge in [-0.3, -0.25) is 14.6 Å². The third kappa shape index (κ3) is 4.13. The minimum Gasteiger partial charge on any atom is -0.322 e. The molecule has 0 atom stereocenters.